The molecule has 9 heteroatoms. The minimum atomic E-state index is -0.249. The van der Waals surface area contributed by atoms with Crippen LogP contribution in [0.4, 0.5) is 10.6 Å². The Morgan fingerprint density at radius 3 is 2.51 bits per heavy atom. The molecule has 0 aliphatic carbocycles. The molecule has 2 amide bonds. The van der Waals surface area contributed by atoms with Crippen LogP contribution in [0.15, 0.2) is 67.0 Å². The number of methoxy groups -OCH3 is 1. The number of nitrogens with one attached hydrogen (secondary N) is 2. The van der Waals surface area contributed by atoms with Crippen LogP contribution >= 0.6 is 0 Å². The highest BCUT2D eigenvalue weighted by molar-refractivity contribution is 6.03. The first-order valence-corrected chi connectivity index (χ1v) is 12.2. The van der Waals surface area contributed by atoms with Gasteiger partial charge >= 0.3 is 6.03 Å². The zero-order valence-corrected chi connectivity index (χ0v) is 20.9. The molecule has 2 aromatic heterocycles. The van der Waals surface area contributed by atoms with Crippen LogP contribution in [-0.4, -0.2) is 53.6 Å². The molecule has 190 valence electrons. The minimum absolute atomic E-state index is 0.244. The zero-order chi connectivity index (χ0) is 25.8. The number of aromatic nitrogens is 2. The molecule has 1 aliphatic heterocycles. The quantitative estimate of drug-likeness (QED) is 0.376. The molecule has 0 unspecified atom stereocenters. The van der Waals surface area contributed by atoms with Crippen LogP contribution in [0.25, 0.3) is 10.9 Å². The van der Waals surface area contributed by atoms with E-state index in [-0.39, 0.29) is 11.9 Å². The molecule has 4 aromatic rings. The highest BCUT2D eigenvalue weighted by atomic mass is 16.5. The van der Waals surface area contributed by atoms with E-state index in [4.69, 9.17) is 9.47 Å². The van der Waals surface area contributed by atoms with Crippen molar-refractivity contribution in [3.63, 3.8) is 0 Å². The average molecular weight is 500 g/mol. The molecule has 1 fully saturated rings. The molecule has 2 N–H and O–H groups in total. The second-order valence-electron chi connectivity index (χ2n) is 8.92. The third kappa shape index (κ3) is 5.41. The van der Waals surface area contributed by atoms with Crippen molar-refractivity contribution in [2.75, 3.05) is 32.6 Å². The number of ether oxygens (including phenoxy) is 2. The van der Waals surface area contributed by atoms with Gasteiger partial charge in [0.15, 0.2) is 11.5 Å². The highest BCUT2D eigenvalue weighted by Crippen LogP contribution is 2.36. The summed E-state index contributed by atoms with van der Waals surface area (Å²) in [4.78, 5) is 31.6. The first kappa shape index (κ1) is 24.3. The van der Waals surface area contributed by atoms with Crippen molar-refractivity contribution in [2.45, 2.75) is 19.4 Å². The number of fused-ring (bicyclic) bond motifs is 1. The van der Waals surface area contributed by atoms with E-state index in [1.54, 1.807) is 43.7 Å². The summed E-state index contributed by atoms with van der Waals surface area (Å²) in [6.07, 6.45) is 5.76. The maximum Gasteiger partial charge on any atom is 0.325 e. The van der Waals surface area contributed by atoms with Crippen LogP contribution < -0.4 is 20.1 Å². The number of anilines is 1. The normalized spacial score (nSPS) is 13.5. The van der Waals surface area contributed by atoms with E-state index in [1.807, 2.05) is 30.3 Å². The summed E-state index contributed by atoms with van der Waals surface area (Å²) in [5.41, 5.74) is 2.45. The Hall–Kier alpha value is -4.37. The Labute approximate surface area is 215 Å². The molecule has 0 saturated carbocycles. The molecule has 1 saturated heterocycles. The Bertz CT molecular complexity index is 1420. The summed E-state index contributed by atoms with van der Waals surface area (Å²) >= 11 is 0. The topological polar surface area (TPSA) is 97.7 Å². The SMILES string of the molecule is CNC(=O)n1ccc2cc(Oc3ccnc(NC(=O)c4ccc(CN5CCCC5)cc4)c3)c(OC)cc21. The molecular weight excluding hydrogens is 470 g/mol. The number of hydrogen-bond acceptors (Lipinski definition) is 6. The van der Waals surface area contributed by atoms with Crippen LogP contribution in [0.2, 0.25) is 0 Å². The largest absolute Gasteiger partial charge is 0.493 e. The van der Waals surface area contributed by atoms with E-state index >= 15 is 0 Å². The number of nitrogens with zero attached hydrogens (tertiary/aromatic N) is 3. The lowest BCUT2D eigenvalue weighted by Gasteiger charge is -2.14. The van der Waals surface area contributed by atoms with Gasteiger partial charge in [-0.2, -0.15) is 0 Å². The summed E-state index contributed by atoms with van der Waals surface area (Å²) in [6, 6.07) is 16.2. The van der Waals surface area contributed by atoms with E-state index in [0.717, 1.165) is 25.0 Å². The van der Waals surface area contributed by atoms with Gasteiger partial charge in [0.2, 0.25) is 0 Å². The zero-order valence-electron chi connectivity index (χ0n) is 20.9. The monoisotopic (exact) mass is 499 g/mol. The van der Waals surface area contributed by atoms with Crippen LogP contribution in [0.3, 0.4) is 0 Å². The molecule has 5 rings (SSSR count). The van der Waals surface area contributed by atoms with Gasteiger partial charge in [0.25, 0.3) is 5.91 Å². The van der Waals surface area contributed by atoms with Gasteiger partial charge in [0, 0.05) is 49.1 Å². The third-order valence-corrected chi connectivity index (χ3v) is 6.43. The molecule has 37 heavy (non-hydrogen) atoms. The highest BCUT2D eigenvalue weighted by Gasteiger charge is 2.15. The van der Waals surface area contributed by atoms with Crippen molar-refractivity contribution >= 4 is 28.7 Å². The van der Waals surface area contributed by atoms with Crippen LogP contribution in [0.1, 0.15) is 28.8 Å². The number of likely N-dealkylation sites (tertiary alicyclic amines) is 1. The summed E-state index contributed by atoms with van der Waals surface area (Å²) in [7, 11) is 3.11. The van der Waals surface area contributed by atoms with Gasteiger partial charge < -0.3 is 20.1 Å². The van der Waals surface area contributed by atoms with Gasteiger partial charge in [0.05, 0.1) is 12.6 Å². The standard InChI is InChI=1S/C28H29N5O4/c1-29-28(35)33-14-10-21-15-25(24(36-2)17-23(21)33)37-22-9-11-30-26(16-22)31-27(34)20-7-5-19(6-8-20)18-32-12-3-4-13-32/h5-11,14-17H,3-4,12-13,18H2,1-2H3,(H,29,35)(H,30,31,34). The van der Waals surface area contributed by atoms with E-state index < -0.39 is 0 Å². The maximum atomic E-state index is 12.8. The lowest BCUT2D eigenvalue weighted by atomic mass is 10.1. The van der Waals surface area contributed by atoms with Gasteiger partial charge in [-0.15, -0.1) is 0 Å². The van der Waals surface area contributed by atoms with Crippen molar-refractivity contribution in [3.8, 4) is 17.2 Å². The van der Waals surface area contributed by atoms with E-state index in [1.165, 1.54) is 30.1 Å². The molecule has 2 aromatic carbocycles. The summed E-state index contributed by atoms with van der Waals surface area (Å²) < 4.78 is 13.1. The third-order valence-electron chi connectivity index (χ3n) is 6.43. The number of hydrogen-bond donors (Lipinski definition) is 2. The van der Waals surface area contributed by atoms with Crippen molar-refractivity contribution < 1.29 is 19.1 Å². The second kappa shape index (κ2) is 10.7. The van der Waals surface area contributed by atoms with Gasteiger partial charge in [-0.25, -0.2) is 9.78 Å². The molecule has 3 heterocycles. The Morgan fingerprint density at radius 1 is 1.00 bits per heavy atom. The van der Waals surface area contributed by atoms with E-state index in [2.05, 4.69) is 20.5 Å². The van der Waals surface area contributed by atoms with E-state index in [0.29, 0.717) is 34.1 Å². The van der Waals surface area contributed by atoms with Gasteiger partial charge in [-0.05, 0) is 61.8 Å². The molecule has 9 nitrogen and oxygen atoms in total. The predicted octanol–water partition coefficient (Wildman–Crippen LogP) is 4.87. The molecule has 0 radical (unpaired) electrons. The second-order valence-corrected chi connectivity index (χ2v) is 8.92. The fraction of sp³-hybridized carbons (Fsp3) is 0.250. The number of rotatable bonds is 7. The summed E-state index contributed by atoms with van der Waals surface area (Å²) in [5.74, 6) is 1.55. The van der Waals surface area contributed by atoms with Gasteiger partial charge in [-0.1, -0.05) is 12.1 Å². The number of benzene rings is 2. The number of amides is 2. The fourth-order valence-electron chi connectivity index (χ4n) is 4.50. The fourth-order valence-corrected chi connectivity index (χ4v) is 4.50. The summed E-state index contributed by atoms with van der Waals surface area (Å²) in [5, 5.41) is 6.26. The number of pyridine rings is 1. The Kier molecular flexibility index (Phi) is 7.04. The van der Waals surface area contributed by atoms with Crippen molar-refractivity contribution in [3.05, 3.63) is 78.1 Å². The smallest absolute Gasteiger partial charge is 0.325 e. The number of carbonyl (C=O) groups excluding carboxylic acids is 2. The minimum Gasteiger partial charge on any atom is -0.493 e. The lowest BCUT2D eigenvalue weighted by molar-refractivity contribution is 0.102. The Morgan fingerprint density at radius 2 is 1.78 bits per heavy atom. The van der Waals surface area contributed by atoms with Gasteiger partial charge in [-0.3, -0.25) is 14.3 Å². The predicted molar refractivity (Wildman–Crippen MR) is 142 cm³/mol. The van der Waals surface area contributed by atoms with Crippen molar-refractivity contribution in [2.24, 2.45) is 0 Å². The first-order valence-electron chi connectivity index (χ1n) is 12.2. The number of carbonyl (C=O) groups is 2. The maximum absolute atomic E-state index is 12.8. The van der Waals surface area contributed by atoms with Crippen LogP contribution in [0, 0.1) is 0 Å². The Balaban J connectivity index is 1.29. The van der Waals surface area contributed by atoms with Crippen molar-refractivity contribution in [1.29, 1.82) is 0 Å². The molecule has 1 aliphatic rings. The van der Waals surface area contributed by atoms with Crippen LogP contribution in [0.5, 0.6) is 17.2 Å². The molecule has 0 bridgehead atoms. The summed E-state index contributed by atoms with van der Waals surface area (Å²) in [6.45, 7) is 3.18. The molecule has 0 spiro atoms. The van der Waals surface area contributed by atoms with E-state index in [9.17, 15) is 9.59 Å². The average Bonchev–Trinajstić information content (AvgIpc) is 3.58. The van der Waals surface area contributed by atoms with Gasteiger partial charge in [0.1, 0.15) is 11.6 Å². The van der Waals surface area contributed by atoms with Crippen molar-refractivity contribution in [1.82, 2.24) is 19.8 Å². The van der Waals surface area contributed by atoms with Crippen LogP contribution in [-0.2, 0) is 6.54 Å². The first-order chi connectivity index (χ1) is 18.0. The molecular formula is C28H29N5O4. The molecule has 0 atom stereocenters. The lowest BCUT2D eigenvalue weighted by Crippen LogP contribution is -2.23.